The predicted molar refractivity (Wildman–Crippen MR) is 143 cm³/mol. The third kappa shape index (κ3) is 4.76. The highest BCUT2D eigenvalue weighted by atomic mass is 35.5. The zero-order valence-corrected chi connectivity index (χ0v) is 22.2. The largest absolute Gasteiger partial charge is 0.475 e. The summed E-state index contributed by atoms with van der Waals surface area (Å²) in [5.41, 5.74) is 3.50. The number of anilines is 2. The molecule has 36 heavy (non-hydrogen) atoms. The third-order valence-corrected chi connectivity index (χ3v) is 8.39. The molecule has 4 rings (SSSR count). The number of carboxylic acids is 1. The average Bonchev–Trinajstić information content (AvgIpc) is 3.17. The second kappa shape index (κ2) is 10.0. The van der Waals surface area contributed by atoms with E-state index in [1.807, 2.05) is 31.2 Å². The van der Waals surface area contributed by atoms with Crippen molar-refractivity contribution in [3.05, 3.63) is 88.1 Å². The van der Waals surface area contributed by atoms with Crippen LogP contribution in [0.3, 0.4) is 0 Å². The van der Waals surface area contributed by atoms with Crippen LogP contribution in [-0.2, 0) is 16.6 Å². The minimum absolute atomic E-state index is 0.0141. The van der Waals surface area contributed by atoms with Crippen molar-refractivity contribution in [3.8, 4) is 0 Å². The quantitative estimate of drug-likeness (QED) is 0.245. The molecule has 1 heterocycles. The Kier molecular flexibility index (Phi) is 7.22. The Morgan fingerprint density at radius 2 is 1.75 bits per heavy atom. The van der Waals surface area contributed by atoms with E-state index in [-0.39, 0.29) is 23.7 Å². The molecule has 0 bridgehead atoms. The summed E-state index contributed by atoms with van der Waals surface area (Å²) in [6, 6.07) is 16.9. The van der Waals surface area contributed by atoms with Gasteiger partial charge in [0, 0.05) is 34.3 Å². The summed E-state index contributed by atoms with van der Waals surface area (Å²) in [6.07, 6.45) is 0. The minimum Gasteiger partial charge on any atom is -0.475 e. The summed E-state index contributed by atoms with van der Waals surface area (Å²) in [4.78, 5) is 11.5. The standard InChI is InChI=1S/C26H24Cl2N2O5S/c1-4-30(36(33,34)20-10-12-24-21(14-20)17(3)25(35-24)26(31)32)23-11-9-19(27)13-18(23)15-29(28)22-8-6-5-7-16(22)2/h5-14H,4,15H2,1-3H3,(H,31,32). The van der Waals surface area contributed by atoms with Crippen LogP contribution in [0.2, 0.25) is 5.02 Å². The second-order valence-corrected chi connectivity index (χ2v) is 11.0. The Morgan fingerprint density at radius 3 is 2.42 bits per heavy atom. The van der Waals surface area contributed by atoms with Gasteiger partial charge in [0.15, 0.2) is 0 Å². The van der Waals surface area contributed by atoms with Gasteiger partial charge in [0.2, 0.25) is 5.76 Å². The molecule has 0 aliphatic heterocycles. The van der Waals surface area contributed by atoms with Gasteiger partial charge in [-0.3, -0.25) is 8.72 Å². The lowest BCUT2D eigenvalue weighted by Crippen LogP contribution is -2.32. The number of furan rings is 1. The van der Waals surface area contributed by atoms with E-state index in [0.29, 0.717) is 32.8 Å². The van der Waals surface area contributed by atoms with Crippen LogP contribution in [0.25, 0.3) is 11.0 Å². The van der Waals surface area contributed by atoms with E-state index >= 15 is 0 Å². The van der Waals surface area contributed by atoms with Crippen molar-refractivity contribution >= 4 is 61.7 Å². The predicted octanol–water partition coefficient (Wildman–Crippen LogP) is 6.78. The molecule has 0 saturated heterocycles. The molecule has 188 valence electrons. The minimum atomic E-state index is -4.03. The third-order valence-electron chi connectivity index (χ3n) is 5.97. The van der Waals surface area contributed by atoms with E-state index in [2.05, 4.69) is 0 Å². The molecule has 1 N–H and O–H groups in total. The summed E-state index contributed by atoms with van der Waals surface area (Å²) in [5.74, 6) is -1.43. The molecule has 4 aromatic rings. The van der Waals surface area contributed by atoms with E-state index in [1.165, 1.54) is 26.9 Å². The van der Waals surface area contributed by atoms with E-state index in [9.17, 15) is 18.3 Å². The smallest absolute Gasteiger partial charge is 0.372 e. The van der Waals surface area contributed by atoms with E-state index < -0.39 is 16.0 Å². The Bertz CT molecular complexity index is 1570. The highest BCUT2D eigenvalue weighted by Gasteiger charge is 2.28. The molecule has 0 fully saturated rings. The Balaban J connectivity index is 1.77. The Hall–Kier alpha value is -3.20. The van der Waals surface area contributed by atoms with Gasteiger partial charge in [0.1, 0.15) is 5.58 Å². The molecule has 0 aliphatic carbocycles. The lowest BCUT2D eigenvalue weighted by Gasteiger charge is -2.27. The van der Waals surface area contributed by atoms with Gasteiger partial charge in [-0.15, -0.1) is 0 Å². The maximum atomic E-state index is 13.8. The number of aryl methyl sites for hydroxylation is 2. The lowest BCUT2D eigenvalue weighted by atomic mass is 10.1. The fourth-order valence-electron chi connectivity index (χ4n) is 4.16. The molecule has 1 aromatic heterocycles. The highest BCUT2D eigenvalue weighted by molar-refractivity contribution is 7.92. The molecule has 10 heteroatoms. The molecule has 0 aliphatic rings. The monoisotopic (exact) mass is 546 g/mol. The maximum absolute atomic E-state index is 13.8. The number of hydrogen-bond acceptors (Lipinski definition) is 5. The van der Waals surface area contributed by atoms with Crippen molar-refractivity contribution in [3.63, 3.8) is 0 Å². The van der Waals surface area contributed by atoms with Crippen molar-refractivity contribution in [1.82, 2.24) is 0 Å². The van der Waals surface area contributed by atoms with Crippen molar-refractivity contribution < 1.29 is 22.7 Å². The number of carboxylic acid groups (broad SMARTS) is 1. The molecule has 0 spiro atoms. The average molecular weight is 547 g/mol. The first kappa shape index (κ1) is 25.9. The van der Waals surface area contributed by atoms with Crippen LogP contribution in [0.5, 0.6) is 0 Å². The molecule has 0 atom stereocenters. The fraction of sp³-hybridized carbons (Fsp3) is 0.192. The van der Waals surface area contributed by atoms with Gasteiger partial charge in [0.05, 0.1) is 22.8 Å². The number of sulfonamides is 1. The van der Waals surface area contributed by atoms with E-state index in [1.54, 1.807) is 32.0 Å². The second-order valence-electron chi connectivity index (χ2n) is 8.27. The summed E-state index contributed by atoms with van der Waals surface area (Å²) >= 11 is 12.9. The normalized spacial score (nSPS) is 11.6. The molecular weight excluding hydrogens is 523 g/mol. The molecular formula is C26H24Cl2N2O5S. The lowest BCUT2D eigenvalue weighted by molar-refractivity contribution is 0.0664. The number of aromatic carboxylic acids is 1. The van der Waals surface area contributed by atoms with E-state index in [4.69, 9.17) is 27.8 Å². The topological polar surface area (TPSA) is 91.1 Å². The summed E-state index contributed by atoms with van der Waals surface area (Å²) in [7, 11) is -4.03. The maximum Gasteiger partial charge on any atom is 0.372 e. The number of nitrogens with zero attached hydrogens (tertiary/aromatic N) is 2. The first-order valence-electron chi connectivity index (χ1n) is 11.1. The van der Waals surface area contributed by atoms with Gasteiger partial charge in [-0.2, -0.15) is 0 Å². The number of rotatable bonds is 8. The van der Waals surface area contributed by atoms with Gasteiger partial charge >= 0.3 is 5.97 Å². The summed E-state index contributed by atoms with van der Waals surface area (Å²) < 4.78 is 35.8. The van der Waals surface area contributed by atoms with Crippen LogP contribution in [0.15, 0.2) is 70.0 Å². The molecule has 0 unspecified atom stereocenters. The number of fused-ring (bicyclic) bond motifs is 1. The number of halogens is 2. The number of para-hydroxylation sites is 1. The molecule has 0 saturated carbocycles. The van der Waals surface area contributed by atoms with Crippen LogP contribution in [0, 0.1) is 13.8 Å². The van der Waals surface area contributed by atoms with Crippen LogP contribution in [0.4, 0.5) is 11.4 Å². The van der Waals surface area contributed by atoms with Crippen molar-refractivity contribution in [2.24, 2.45) is 0 Å². The number of carbonyl (C=O) groups is 1. The van der Waals surface area contributed by atoms with Crippen molar-refractivity contribution in [2.45, 2.75) is 32.2 Å². The van der Waals surface area contributed by atoms with Crippen molar-refractivity contribution in [2.75, 3.05) is 15.3 Å². The molecule has 7 nitrogen and oxygen atoms in total. The van der Waals surface area contributed by atoms with Gasteiger partial charge in [0.25, 0.3) is 10.0 Å². The Morgan fingerprint density at radius 1 is 1.03 bits per heavy atom. The summed E-state index contributed by atoms with van der Waals surface area (Å²) in [6.45, 7) is 5.61. The zero-order chi connectivity index (χ0) is 26.2. The SMILES string of the molecule is CCN(c1ccc(Cl)cc1CN(Cl)c1ccccc1C)S(=O)(=O)c1ccc2oc(C(=O)O)c(C)c2c1. The van der Waals surface area contributed by atoms with E-state index in [0.717, 1.165) is 11.3 Å². The summed E-state index contributed by atoms with van der Waals surface area (Å²) in [5, 5.41) is 10.2. The van der Waals surface area contributed by atoms with Gasteiger partial charge in [-0.25, -0.2) is 13.2 Å². The molecule has 0 radical (unpaired) electrons. The molecule has 3 aromatic carbocycles. The van der Waals surface area contributed by atoms with Crippen LogP contribution < -0.4 is 8.72 Å². The van der Waals surface area contributed by atoms with Gasteiger partial charge in [-0.05, 0) is 74.4 Å². The highest BCUT2D eigenvalue weighted by Crippen LogP contribution is 2.34. The van der Waals surface area contributed by atoms with Gasteiger partial charge < -0.3 is 9.52 Å². The number of hydrogen-bond donors (Lipinski definition) is 1. The van der Waals surface area contributed by atoms with Gasteiger partial charge in [-0.1, -0.05) is 29.8 Å². The first-order chi connectivity index (χ1) is 17.0. The van der Waals surface area contributed by atoms with Crippen LogP contribution in [0.1, 0.15) is 34.2 Å². The first-order valence-corrected chi connectivity index (χ1v) is 13.3. The van der Waals surface area contributed by atoms with Crippen LogP contribution in [-0.4, -0.2) is 26.0 Å². The fourth-order valence-corrected chi connectivity index (χ4v) is 6.21. The zero-order valence-electron chi connectivity index (χ0n) is 19.8. The number of benzene rings is 3. The Labute approximate surface area is 219 Å². The van der Waals surface area contributed by atoms with Crippen molar-refractivity contribution in [1.29, 1.82) is 0 Å². The molecule has 0 amide bonds. The van der Waals surface area contributed by atoms with Crippen LogP contribution >= 0.6 is 23.4 Å².